The summed E-state index contributed by atoms with van der Waals surface area (Å²) in [5, 5.41) is 10.8. The van der Waals surface area contributed by atoms with Crippen LogP contribution in [0.5, 0.6) is 5.75 Å². The number of hydrogen-bond acceptors (Lipinski definition) is 5. The van der Waals surface area contributed by atoms with Crippen LogP contribution < -0.4 is 0 Å². The fourth-order valence-corrected chi connectivity index (χ4v) is 6.66. The zero-order valence-corrected chi connectivity index (χ0v) is 24.0. The van der Waals surface area contributed by atoms with Crippen molar-refractivity contribution < 1.29 is 9.32 Å². The highest BCUT2D eigenvalue weighted by atomic mass is 32.2. The lowest BCUT2D eigenvalue weighted by molar-refractivity contribution is 0.148. The molecule has 40 heavy (non-hydrogen) atoms. The largest absolute Gasteiger partial charge is 0.508 e. The average molecular weight is 551 g/mol. The predicted molar refractivity (Wildman–Crippen MR) is 163 cm³/mol. The molecule has 1 N–H and O–H groups in total. The molecule has 3 heterocycles. The van der Waals surface area contributed by atoms with Gasteiger partial charge in [-0.15, -0.1) is 0 Å². The van der Waals surface area contributed by atoms with Crippen molar-refractivity contribution in [3.8, 4) is 28.0 Å². The molecule has 7 heteroatoms. The summed E-state index contributed by atoms with van der Waals surface area (Å²) in [6.45, 7) is 9.39. The first kappa shape index (κ1) is 26.4. The maximum absolute atomic E-state index is 13.9. The molecule has 2 aromatic heterocycles. The van der Waals surface area contributed by atoms with E-state index in [0.717, 1.165) is 76.5 Å². The third-order valence-electron chi connectivity index (χ3n) is 7.83. The Labute approximate surface area is 238 Å². The van der Waals surface area contributed by atoms with E-state index in [1.165, 1.54) is 5.56 Å². The molecule has 0 amide bonds. The van der Waals surface area contributed by atoms with Gasteiger partial charge in [0.15, 0.2) is 16.6 Å². The Morgan fingerprint density at radius 1 is 0.825 bits per heavy atom. The van der Waals surface area contributed by atoms with Gasteiger partial charge in [-0.25, -0.2) is 13.2 Å². The van der Waals surface area contributed by atoms with Gasteiger partial charge >= 0.3 is 0 Å². The Bertz CT molecular complexity index is 1670. The van der Waals surface area contributed by atoms with Crippen molar-refractivity contribution in [3.05, 3.63) is 102 Å². The lowest BCUT2D eigenvalue weighted by Crippen LogP contribution is -2.43. The maximum atomic E-state index is 13.9. The second kappa shape index (κ2) is 11.0. The van der Waals surface area contributed by atoms with Gasteiger partial charge in [0.05, 0.1) is 4.90 Å². The summed E-state index contributed by atoms with van der Waals surface area (Å²) in [6, 6.07) is 25.9. The summed E-state index contributed by atoms with van der Waals surface area (Å²) in [6.07, 6.45) is 1.88. The standard InChI is InChI=1S/C33H34N4O2S/c1-23-4-14-30(15-5-23)40(39)37-24(2)32(27-10-12-29(38)13-11-27)31-20-28(21-34-33(31)37)26-8-6-25(7-9-26)22-36-18-16-35(3)17-19-36/h4-15,20-21,38H,16-19,22H2,1-3H3. The number of pyridine rings is 1. The number of nitrogens with zero attached hydrogens (tertiary/aromatic N) is 4. The molecule has 0 spiro atoms. The number of piperazine rings is 1. The van der Waals surface area contributed by atoms with Crippen LogP contribution in [0.4, 0.5) is 0 Å². The molecule has 5 aromatic rings. The molecule has 3 aromatic carbocycles. The van der Waals surface area contributed by atoms with Crippen LogP contribution in [0.3, 0.4) is 0 Å². The summed E-state index contributed by atoms with van der Waals surface area (Å²) in [4.78, 5) is 10.5. The number of likely N-dealkylation sites (N-methyl/N-ethyl adjacent to an activating group) is 1. The Kier molecular flexibility index (Phi) is 7.27. The van der Waals surface area contributed by atoms with Gasteiger partial charge in [0, 0.05) is 61.1 Å². The quantitative estimate of drug-likeness (QED) is 0.281. The lowest BCUT2D eigenvalue weighted by Gasteiger charge is -2.32. The van der Waals surface area contributed by atoms with Crippen molar-refractivity contribution in [2.24, 2.45) is 0 Å². The van der Waals surface area contributed by atoms with E-state index in [1.807, 2.05) is 60.4 Å². The van der Waals surface area contributed by atoms with Crippen molar-refractivity contribution in [2.45, 2.75) is 25.3 Å². The summed E-state index contributed by atoms with van der Waals surface area (Å²) in [7, 11) is 0.719. The first-order chi connectivity index (χ1) is 19.4. The molecule has 6 rings (SSSR count). The Balaban J connectivity index is 1.40. The van der Waals surface area contributed by atoms with Crippen LogP contribution in [0.15, 0.2) is 90.0 Å². The molecule has 0 saturated carbocycles. The van der Waals surface area contributed by atoms with Crippen LogP contribution in [0.2, 0.25) is 0 Å². The van der Waals surface area contributed by atoms with Gasteiger partial charge in [-0.05, 0) is 67.9 Å². The minimum atomic E-state index is -1.46. The van der Waals surface area contributed by atoms with E-state index in [0.29, 0.717) is 5.65 Å². The number of aromatic hydroxyl groups is 1. The molecule has 0 bridgehead atoms. The molecule has 1 atom stereocenters. The van der Waals surface area contributed by atoms with Gasteiger partial charge < -0.3 is 10.0 Å². The van der Waals surface area contributed by atoms with Crippen molar-refractivity contribution >= 4 is 22.0 Å². The van der Waals surface area contributed by atoms with Gasteiger partial charge in [-0.2, -0.15) is 0 Å². The lowest BCUT2D eigenvalue weighted by atomic mass is 10.00. The predicted octanol–water partition coefficient (Wildman–Crippen LogP) is 6.01. The first-order valence-electron chi connectivity index (χ1n) is 13.7. The number of aromatic nitrogens is 2. The van der Waals surface area contributed by atoms with Crippen molar-refractivity contribution in [3.63, 3.8) is 0 Å². The maximum Gasteiger partial charge on any atom is 0.158 e. The van der Waals surface area contributed by atoms with E-state index >= 15 is 0 Å². The summed E-state index contributed by atoms with van der Waals surface area (Å²) in [5.74, 6) is 0.212. The zero-order valence-electron chi connectivity index (χ0n) is 23.2. The molecule has 1 saturated heterocycles. The highest BCUT2D eigenvalue weighted by molar-refractivity contribution is 7.83. The van der Waals surface area contributed by atoms with Crippen LogP contribution in [-0.2, 0) is 17.5 Å². The van der Waals surface area contributed by atoms with Crippen molar-refractivity contribution in [1.29, 1.82) is 0 Å². The number of hydrogen-bond donors (Lipinski definition) is 1. The molecule has 0 aliphatic carbocycles. The van der Waals surface area contributed by atoms with E-state index in [9.17, 15) is 9.32 Å². The minimum absolute atomic E-state index is 0.212. The van der Waals surface area contributed by atoms with E-state index in [4.69, 9.17) is 4.98 Å². The minimum Gasteiger partial charge on any atom is -0.508 e. The second-order valence-electron chi connectivity index (χ2n) is 10.7. The van der Waals surface area contributed by atoms with E-state index in [-0.39, 0.29) is 5.75 Å². The fourth-order valence-electron chi connectivity index (χ4n) is 5.44. The highest BCUT2D eigenvalue weighted by Crippen LogP contribution is 2.37. The molecule has 1 aliphatic rings. The molecule has 6 nitrogen and oxygen atoms in total. The number of benzene rings is 3. The summed E-state index contributed by atoms with van der Waals surface area (Å²) >= 11 is 0. The van der Waals surface area contributed by atoms with Crippen molar-refractivity contribution in [2.75, 3.05) is 33.2 Å². The van der Waals surface area contributed by atoms with Crippen LogP contribution in [0.25, 0.3) is 33.3 Å². The molecule has 204 valence electrons. The van der Waals surface area contributed by atoms with Crippen LogP contribution in [0.1, 0.15) is 16.8 Å². The molecule has 1 fully saturated rings. The molecule has 1 aliphatic heterocycles. The molecular formula is C33H34N4O2S. The number of aryl methyl sites for hydroxylation is 1. The number of fused-ring (bicyclic) bond motifs is 1. The molecule has 0 radical (unpaired) electrons. The smallest absolute Gasteiger partial charge is 0.158 e. The average Bonchev–Trinajstić information content (AvgIpc) is 3.26. The van der Waals surface area contributed by atoms with Crippen molar-refractivity contribution in [1.82, 2.24) is 18.8 Å². The normalized spacial score (nSPS) is 15.5. The topological polar surface area (TPSA) is 61.6 Å². The van der Waals surface area contributed by atoms with E-state index < -0.39 is 11.0 Å². The number of phenolic OH excluding ortho intramolecular Hbond substituents is 1. The summed E-state index contributed by atoms with van der Waals surface area (Å²) < 4.78 is 15.7. The SMILES string of the molecule is Cc1ccc(S(=O)n2c(C)c(-c3ccc(O)cc3)c3cc(-c4ccc(CN5CCN(C)CC5)cc4)cnc32)cc1. The van der Waals surface area contributed by atoms with Gasteiger partial charge in [-0.3, -0.25) is 4.90 Å². The van der Waals surface area contributed by atoms with Crippen LogP contribution >= 0.6 is 0 Å². The number of phenols is 1. The Morgan fingerprint density at radius 2 is 1.48 bits per heavy atom. The second-order valence-corrected chi connectivity index (χ2v) is 12.1. The Hall–Kier alpha value is -3.78. The van der Waals surface area contributed by atoms with Gasteiger partial charge in [0.25, 0.3) is 0 Å². The third kappa shape index (κ3) is 5.20. The van der Waals surface area contributed by atoms with E-state index in [2.05, 4.69) is 47.2 Å². The summed E-state index contributed by atoms with van der Waals surface area (Å²) in [5.41, 5.74) is 7.99. The van der Waals surface area contributed by atoms with Gasteiger partial charge in [0.1, 0.15) is 5.75 Å². The van der Waals surface area contributed by atoms with Gasteiger partial charge in [0.2, 0.25) is 0 Å². The fraction of sp³-hybridized carbons (Fsp3) is 0.242. The third-order valence-corrected chi connectivity index (χ3v) is 9.28. The molecule has 1 unspecified atom stereocenters. The monoisotopic (exact) mass is 550 g/mol. The first-order valence-corrected chi connectivity index (χ1v) is 14.8. The Morgan fingerprint density at radius 3 is 2.15 bits per heavy atom. The van der Waals surface area contributed by atoms with E-state index in [1.54, 1.807) is 12.1 Å². The molecular weight excluding hydrogens is 516 g/mol. The van der Waals surface area contributed by atoms with Gasteiger partial charge in [-0.1, -0.05) is 54.1 Å². The van der Waals surface area contributed by atoms with Crippen LogP contribution in [-0.4, -0.2) is 61.3 Å². The van der Waals surface area contributed by atoms with Crippen LogP contribution in [0, 0.1) is 13.8 Å². The highest BCUT2D eigenvalue weighted by Gasteiger charge is 2.22. The number of rotatable bonds is 6. The zero-order chi connectivity index (χ0) is 27.8.